The summed E-state index contributed by atoms with van der Waals surface area (Å²) in [6.07, 6.45) is 0. The van der Waals surface area contributed by atoms with Gasteiger partial charge in [0, 0.05) is 36.2 Å². The van der Waals surface area contributed by atoms with E-state index in [0.29, 0.717) is 37.5 Å². The number of hydrogen-bond acceptors (Lipinski definition) is 3. The molecule has 1 aliphatic heterocycles. The van der Waals surface area contributed by atoms with Crippen LogP contribution in [0.25, 0.3) is 0 Å². The van der Waals surface area contributed by atoms with Crippen LogP contribution >= 0.6 is 15.9 Å². The number of amides is 2. The van der Waals surface area contributed by atoms with Crippen LogP contribution in [0.5, 0.6) is 5.75 Å². The smallest absolute Gasteiger partial charge is 0.260 e. The molecule has 1 aliphatic rings. The standard InChI is InChI=1S/C19H19BrN2O3/c20-16-6-8-17(9-7-16)25-14-18(23)21-10-12-22(13-11-21)19(24)15-4-2-1-3-5-15/h1-9H,10-14H2. The molecule has 0 aliphatic carbocycles. The molecular formula is C19H19BrN2O3. The zero-order valence-corrected chi connectivity index (χ0v) is 15.3. The van der Waals surface area contributed by atoms with Gasteiger partial charge in [-0.1, -0.05) is 34.1 Å². The van der Waals surface area contributed by atoms with Crippen molar-refractivity contribution in [3.8, 4) is 5.75 Å². The Kier molecular flexibility index (Phi) is 5.71. The first-order chi connectivity index (χ1) is 12.1. The molecule has 0 bridgehead atoms. The van der Waals surface area contributed by atoms with Gasteiger partial charge in [0.2, 0.25) is 0 Å². The molecule has 3 rings (SSSR count). The largest absolute Gasteiger partial charge is 0.484 e. The number of hydrogen-bond donors (Lipinski definition) is 0. The molecule has 1 heterocycles. The predicted molar refractivity (Wildman–Crippen MR) is 98.6 cm³/mol. The van der Waals surface area contributed by atoms with E-state index in [4.69, 9.17) is 4.74 Å². The molecule has 0 unspecified atom stereocenters. The summed E-state index contributed by atoms with van der Waals surface area (Å²) >= 11 is 3.36. The van der Waals surface area contributed by atoms with Crippen LogP contribution in [0.3, 0.4) is 0 Å². The number of piperazine rings is 1. The van der Waals surface area contributed by atoms with Gasteiger partial charge in [-0.15, -0.1) is 0 Å². The van der Waals surface area contributed by atoms with Crippen LogP contribution in [0.1, 0.15) is 10.4 Å². The Labute approximate surface area is 155 Å². The molecule has 0 atom stereocenters. The molecule has 1 fully saturated rings. The van der Waals surface area contributed by atoms with E-state index in [1.54, 1.807) is 9.80 Å². The molecule has 0 aromatic heterocycles. The monoisotopic (exact) mass is 402 g/mol. The van der Waals surface area contributed by atoms with Crippen LogP contribution in [0.4, 0.5) is 0 Å². The Bertz CT molecular complexity index is 726. The topological polar surface area (TPSA) is 49.9 Å². The normalized spacial score (nSPS) is 14.3. The van der Waals surface area contributed by atoms with Crippen LogP contribution in [0.15, 0.2) is 59.1 Å². The van der Waals surface area contributed by atoms with Crippen LogP contribution in [-0.2, 0) is 4.79 Å². The minimum atomic E-state index is -0.0604. The van der Waals surface area contributed by atoms with Gasteiger partial charge in [-0.25, -0.2) is 0 Å². The Balaban J connectivity index is 1.47. The lowest BCUT2D eigenvalue weighted by atomic mass is 10.2. The SMILES string of the molecule is O=C(COc1ccc(Br)cc1)N1CCN(C(=O)c2ccccc2)CC1. The molecule has 0 radical (unpaired) electrons. The maximum atomic E-state index is 12.4. The summed E-state index contributed by atoms with van der Waals surface area (Å²) < 4.78 is 6.49. The van der Waals surface area contributed by atoms with Gasteiger partial charge < -0.3 is 14.5 Å². The van der Waals surface area contributed by atoms with Crippen molar-refractivity contribution < 1.29 is 14.3 Å². The van der Waals surface area contributed by atoms with Crippen molar-refractivity contribution in [2.45, 2.75) is 0 Å². The maximum Gasteiger partial charge on any atom is 0.260 e. The Hall–Kier alpha value is -2.34. The highest BCUT2D eigenvalue weighted by atomic mass is 79.9. The first kappa shape index (κ1) is 17.5. The van der Waals surface area contributed by atoms with Gasteiger partial charge in [0.25, 0.3) is 11.8 Å². The van der Waals surface area contributed by atoms with Gasteiger partial charge in [-0.3, -0.25) is 9.59 Å². The van der Waals surface area contributed by atoms with Gasteiger partial charge in [0.1, 0.15) is 5.75 Å². The number of benzene rings is 2. The fourth-order valence-corrected chi connectivity index (χ4v) is 2.95. The molecule has 25 heavy (non-hydrogen) atoms. The summed E-state index contributed by atoms with van der Waals surface area (Å²) in [5.41, 5.74) is 0.681. The zero-order chi connectivity index (χ0) is 17.6. The van der Waals surface area contributed by atoms with Crippen molar-refractivity contribution in [3.63, 3.8) is 0 Å². The minimum absolute atomic E-state index is 0.00820. The van der Waals surface area contributed by atoms with Crippen molar-refractivity contribution >= 4 is 27.7 Å². The summed E-state index contributed by atoms with van der Waals surface area (Å²) in [5.74, 6) is 0.614. The van der Waals surface area contributed by atoms with E-state index in [9.17, 15) is 9.59 Å². The number of halogens is 1. The van der Waals surface area contributed by atoms with Gasteiger partial charge >= 0.3 is 0 Å². The quantitative estimate of drug-likeness (QED) is 0.789. The van der Waals surface area contributed by atoms with Crippen molar-refractivity contribution in [3.05, 3.63) is 64.6 Å². The number of rotatable bonds is 4. The van der Waals surface area contributed by atoms with E-state index < -0.39 is 0 Å². The number of nitrogens with zero attached hydrogens (tertiary/aromatic N) is 2. The summed E-state index contributed by atoms with van der Waals surface area (Å²) in [5, 5.41) is 0. The molecule has 6 heteroatoms. The second kappa shape index (κ2) is 8.16. The molecule has 0 N–H and O–H groups in total. The maximum absolute atomic E-state index is 12.4. The predicted octanol–water partition coefficient (Wildman–Crippen LogP) is 2.81. The third-order valence-electron chi connectivity index (χ3n) is 4.12. The van der Waals surface area contributed by atoms with E-state index in [1.165, 1.54) is 0 Å². The van der Waals surface area contributed by atoms with Gasteiger partial charge in [-0.05, 0) is 36.4 Å². The summed E-state index contributed by atoms with van der Waals surface area (Å²) in [4.78, 5) is 28.2. The van der Waals surface area contributed by atoms with Gasteiger partial charge in [0.15, 0.2) is 6.61 Å². The fraction of sp³-hybridized carbons (Fsp3) is 0.263. The molecule has 2 aromatic carbocycles. The highest BCUT2D eigenvalue weighted by Crippen LogP contribution is 2.16. The summed E-state index contributed by atoms with van der Waals surface area (Å²) in [6, 6.07) is 16.6. The average molecular weight is 403 g/mol. The lowest BCUT2D eigenvalue weighted by Crippen LogP contribution is -2.51. The van der Waals surface area contributed by atoms with Crippen LogP contribution in [0.2, 0.25) is 0 Å². The van der Waals surface area contributed by atoms with Crippen molar-refractivity contribution in [1.29, 1.82) is 0 Å². The van der Waals surface area contributed by atoms with Crippen LogP contribution in [0, 0.1) is 0 Å². The van der Waals surface area contributed by atoms with Crippen molar-refractivity contribution in [1.82, 2.24) is 9.80 Å². The second-order valence-electron chi connectivity index (χ2n) is 5.78. The minimum Gasteiger partial charge on any atom is -0.484 e. The Morgan fingerprint density at radius 2 is 1.48 bits per heavy atom. The number of carbonyl (C=O) groups excluding carboxylic acids is 2. The van der Waals surface area contributed by atoms with Crippen molar-refractivity contribution in [2.75, 3.05) is 32.8 Å². The third-order valence-corrected chi connectivity index (χ3v) is 4.64. The fourth-order valence-electron chi connectivity index (χ4n) is 2.69. The molecule has 0 saturated carbocycles. The third kappa shape index (κ3) is 4.60. The summed E-state index contributed by atoms with van der Waals surface area (Å²) in [6.45, 7) is 2.14. The van der Waals surface area contributed by atoms with Crippen LogP contribution < -0.4 is 4.74 Å². The van der Waals surface area contributed by atoms with Crippen LogP contribution in [-0.4, -0.2) is 54.4 Å². The molecule has 130 valence electrons. The first-order valence-corrected chi connectivity index (χ1v) is 8.93. The Morgan fingerprint density at radius 1 is 0.880 bits per heavy atom. The number of ether oxygens (including phenoxy) is 1. The van der Waals surface area contributed by atoms with E-state index in [1.807, 2.05) is 54.6 Å². The van der Waals surface area contributed by atoms with E-state index in [-0.39, 0.29) is 18.4 Å². The van der Waals surface area contributed by atoms with Crippen molar-refractivity contribution in [2.24, 2.45) is 0 Å². The van der Waals surface area contributed by atoms with E-state index in [0.717, 1.165) is 4.47 Å². The zero-order valence-electron chi connectivity index (χ0n) is 13.7. The highest BCUT2D eigenvalue weighted by Gasteiger charge is 2.24. The lowest BCUT2D eigenvalue weighted by Gasteiger charge is -2.34. The molecule has 1 saturated heterocycles. The molecular weight excluding hydrogens is 384 g/mol. The first-order valence-electron chi connectivity index (χ1n) is 8.14. The van der Waals surface area contributed by atoms with E-state index >= 15 is 0 Å². The highest BCUT2D eigenvalue weighted by molar-refractivity contribution is 9.10. The van der Waals surface area contributed by atoms with Gasteiger partial charge in [0.05, 0.1) is 0 Å². The number of carbonyl (C=O) groups is 2. The molecule has 0 spiro atoms. The molecule has 2 aromatic rings. The van der Waals surface area contributed by atoms with Gasteiger partial charge in [-0.2, -0.15) is 0 Å². The second-order valence-corrected chi connectivity index (χ2v) is 6.70. The lowest BCUT2D eigenvalue weighted by molar-refractivity contribution is -0.134. The average Bonchev–Trinajstić information content (AvgIpc) is 2.67. The Morgan fingerprint density at radius 3 is 2.12 bits per heavy atom. The van der Waals surface area contributed by atoms with E-state index in [2.05, 4.69) is 15.9 Å². The summed E-state index contributed by atoms with van der Waals surface area (Å²) in [7, 11) is 0. The molecule has 5 nitrogen and oxygen atoms in total. The molecule has 2 amide bonds.